The van der Waals surface area contributed by atoms with Crippen LogP contribution in [0.1, 0.15) is 18.1 Å². The third-order valence-corrected chi connectivity index (χ3v) is 4.56. The summed E-state index contributed by atoms with van der Waals surface area (Å²) in [6.07, 6.45) is 0. The maximum atomic E-state index is 11.5. The standard InChI is InChI=1S/C19H22N2O3/c1-12-5-3-4-6-16(12)14-9-15-11-21(13(2)19(20)23)7-8-24-18(15)17(22)10-14/h3-6,9-10,13,22H,7-8,11H2,1-2H3,(H2,20,23)/t13-/m1/s1. The molecule has 0 aromatic heterocycles. The van der Waals surface area contributed by atoms with Crippen molar-refractivity contribution in [2.45, 2.75) is 26.4 Å². The number of phenols is 1. The van der Waals surface area contributed by atoms with Crippen LogP contribution in [0.4, 0.5) is 0 Å². The Hall–Kier alpha value is -2.53. The molecule has 0 aliphatic carbocycles. The number of hydrogen-bond acceptors (Lipinski definition) is 4. The minimum absolute atomic E-state index is 0.124. The summed E-state index contributed by atoms with van der Waals surface area (Å²) in [6, 6.07) is 11.4. The van der Waals surface area contributed by atoms with Gasteiger partial charge in [-0.25, -0.2) is 0 Å². The van der Waals surface area contributed by atoms with Gasteiger partial charge in [0.1, 0.15) is 6.61 Å². The summed E-state index contributed by atoms with van der Waals surface area (Å²) in [7, 11) is 0. The lowest BCUT2D eigenvalue weighted by Gasteiger charge is -2.24. The normalized spacial score (nSPS) is 15.9. The molecule has 0 spiro atoms. The molecule has 0 fully saturated rings. The smallest absolute Gasteiger partial charge is 0.234 e. The summed E-state index contributed by atoms with van der Waals surface area (Å²) < 4.78 is 5.72. The number of primary amides is 1. The average molecular weight is 326 g/mol. The Morgan fingerprint density at radius 3 is 2.79 bits per heavy atom. The van der Waals surface area contributed by atoms with Crippen LogP contribution >= 0.6 is 0 Å². The van der Waals surface area contributed by atoms with Gasteiger partial charge in [-0.3, -0.25) is 9.69 Å². The van der Waals surface area contributed by atoms with Crippen molar-refractivity contribution in [3.63, 3.8) is 0 Å². The van der Waals surface area contributed by atoms with E-state index < -0.39 is 0 Å². The molecule has 24 heavy (non-hydrogen) atoms. The second-order valence-corrected chi connectivity index (χ2v) is 6.20. The second kappa shape index (κ2) is 6.53. The van der Waals surface area contributed by atoms with Crippen molar-refractivity contribution in [1.82, 2.24) is 4.90 Å². The fraction of sp³-hybridized carbons (Fsp3) is 0.316. The van der Waals surface area contributed by atoms with Crippen LogP contribution in [-0.2, 0) is 11.3 Å². The first-order valence-corrected chi connectivity index (χ1v) is 8.05. The Balaban J connectivity index is 2.03. The molecule has 5 nitrogen and oxygen atoms in total. The highest BCUT2D eigenvalue weighted by atomic mass is 16.5. The minimum Gasteiger partial charge on any atom is -0.504 e. The van der Waals surface area contributed by atoms with E-state index in [2.05, 4.69) is 0 Å². The Morgan fingerprint density at radius 2 is 2.08 bits per heavy atom. The topological polar surface area (TPSA) is 75.8 Å². The average Bonchev–Trinajstić information content (AvgIpc) is 2.77. The summed E-state index contributed by atoms with van der Waals surface area (Å²) in [4.78, 5) is 13.5. The van der Waals surface area contributed by atoms with Crippen molar-refractivity contribution in [3.05, 3.63) is 47.5 Å². The number of nitrogens with two attached hydrogens (primary N) is 1. The van der Waals surface area contributed by atoms with E-state index in [1.807, 2.05) is 42.2 Å². The molecule has 0 saturated carbocycles. The Morgan fingerprint density at radius 1 is 1.33 bits per heavy atom. The van der Waals surface area contributed by atoms with Crippen molar-refractivity contribution in [1.29, 1.82) is 0 Å². The van der Waals surface area contributed by atoms with E-state index in [0.29, 0.717) is 25.4 Å². The second-order valence-electron chi connectivity index (χ2n) is 6.20. The quantitative estimate of drug-likeness (QED) is 0.908. The molecule has 0 saturated heterocycles. The number of rotatable bonds is 3. The summed E-state index contributed by atoms with van der Waals surface area (Å²) in [5.74, 6) is 0.253. The van der Waals surface area contributed by atoms with Crippen molar-refractivity contribution >= 4 is 5.91 Å². The highest BCUT2D eigenvalue weighted by Gasteiger charge is 2.25. The number of ether oxygens (including phenoxy) is 1. The first-order valence-electron chi connectivity index (χ1n) is 8.05. The Labute approximate surface area is 141 Å². The van der Waals surface area contributed by atoms with Gasteiger partial charge >= 0.3 is 0 Å². The fourth-order valence-electron chi connectivity index (χ4n) is 3.08. The molecule has 2 aromatic carbocycles. The number of carbonyl (C=O) groups is 1. The fourth-order valence-corrected chi connectivity index (χ4v) is 3.08. The van der Waals surface area contributed by atoms with Gasteiger partial charge in [0, 0.05) is 18.7 Å². The van der Waals surface area contributed by atoms with E-state index in [0.717, 1.165) is 22.3 Å². The number of aryl methyl sites for hydroxylation is 1. The van der Waals surface area contributed by atoms with Crippen LogP contribution in [0.3, 0.4) is 0 Å². The summed E-state index contributed by atoms with van der Waals surface area (Å²) in [5, 5.41) is 10.4. The lowest BCUT2D eigenvalue weighted by atomic mass is 9.97. The Bertz CT molecular complexity index is 773. The van der Waals surface area contributed by atoms with Gasteiger partial charge < -0.3 is 15.6 Å². The molecule has 1 atom stereocenters. The predicted octanol–water partition coefficient (Wildman–Crippen LogP) is 2.44. The van der Waals surface area contributed by atoms with Crippen LogP contribution in [0, 0.1) is 6.92 Å². The summed E-state index contributed by atoms with van der Waals surface area (Å²) in [5.41, 5.74) is 9.43. The third-order valence-electron chi connectivity index (χ3n) is 4.56. The molecule has 0 unspecified atom stereocenters. The van der Waals surface area contributed by atoms with Gasteiger partial charge in [0.25, 0.3) is 0 Å². The van der Waals surface area contributed by atoms with Crippen molar-refractivity contribution in [2.75, 3.05) is 13.2 Å². The third kappa shape index (κ3) is 3.08. The first-order chi connectivity index (χ1) is 11.5. The number of benzene rings is 2. The van der Waals surface area contributed by atoms with Crippen LogP contribution in [0.25, 0.3) is 11.1 Å². The molecule has 1 amide bonds. The molecule has 1 aliphatic rings. The monoisotopic (exact) mass is 326 g/mol. The zero-order chi connectivity index (χ0) is 17.3. The number of aromatic hydroxyl groups is 1. The number of amides is 1. The largest absolute Gasteiger partial charge is 0.504 e. The molecule has 0 radical (unpaired) electrons. The molecule has 2 aromatic rings. The number of hydrogen-bond donors (Lipinski definition) is 2. The SMILES string of the molecule is Cc1ccccc1-c1cc(O)c2c(c1)CN([C@H](C)C(N)=O)CCO2. The molecule has 126 valence electrons. The van der Waals surface area contributed by atoms with Gasteiger partial charge in [-0.1, -0.05) is 24.3 Å². The van der Waals surface area contributed by atoms with Crippen LogP contribution < -0.4 is 10.5 Å². The van der Waals surface area contributed by atoms with Crippen molar-refractivity contribution in [3.8, 4) is 22.6 Å². The van der Waals surface area contributed by atoms with Crippen LogP contribution in [0.2, 0.25) is 0 Å². The predicted molar refractivity (Wildman–Crippen MR) is 92.8 cm³/mol. The summed E-state index contributed by atoms with van der Waals surface area (Å²) >= 11 is 0. The van der Waals surface area contributed by atoms with E-state index in [1.54, 1.807) is 13.0 Å². The van der Waals surface area contributed by atoms with Crippen molar-refractivity contribution < 1.29 is 14.6 Å². The molecular formula is C19H22N2O3. The van der Waals surface area contributed by atoms with Gasteiger partial charge in [0.05, 0.1) is 6.04 Å². The number of nitrogens with zero attached hydrogens (tertiary/aromatic N) is 1. The van der Waals surface area contributed by atoms with E-state index in [4.69, 9.17) is 10.5 Å². The molecule has 5 heteroatoms. The van der Waals surface area contributed by atoms with Gasteiger partial charge in [-0.15, -0.1) is 0 Å². The molecule has 0 bridgehead atoms. The number of phenolic OH excluding ortho intramolecular Hbond substituents is 1. The molecule has 1 heterocycles. The molecular weight excluding hydrogens is 304 g/mol. The van der Waals surface area contributed by atoms with Gasteiger partial charge in [-0.2, -0.15) is 0 Å². The zero-order valence-corrected chi connectivity index (χ0v) is 14.0. The lowest BCUT2D eigenvalue weighted by molar-refractivity contribution is -0.122. The van der Waals surface area contributed by atoms with Gasteiger partial charge in [-0.05, 0) is 42.7 Å². The lowest BCUT2D eigenvalue weighted by Crippen LogP contribution is -2.43. The van der Waals surface area contributed by atoms with E-state index in [9.17, 15) is 9.90 Å². The maximum Gasteiger partial charge on any atom is 0.234 e. The molecule has 3 N–H and O–H groups in total. The maximum absolute atomic E-state index is 11.5. The number of carbonyl (C=O) groups excluding carboxylic acids is 1. The van der Waals surface area contributed by atoms with E-state index in [-0.39, 0.29) is 17.7 Å². The van der Waals surface area contributed by atoms with Crippen LogP contribution in [0.15, 0.2) is 36.4 Å². The highest BCUT2D eigenvalue weighted by Crippen LogP contribution is 2.38. The van der Waals surface area contributed by atoms with Gasteiger partial charge in [0.2, 0.25) is 5.91 Å². The molecule has 3 rings (SSSR count). The van der Waals surface area contributed by atoms with Gasteiger partial charge in [0.15, 0.2) is 11.5 Å². The Kier molecular flexibility index (Phi) is 4.44. The molecule has 1 aliphatic heterocycles. The van der Waals surface area contributed by atoms with E-state index >= 15 is 0 Å². The number of fused-ring (bicyclic) bond motifs is 1. The zero-order valence-electron chi connectivity index (χ0n) is 14.0. The van der Waals surface area contributed by atoms with E-state index in [1.165, 1.54) is 0 Å². The van der Waals surface area contributed by atoms with Crippen LogP contribution in [0.5, 0.6) is 11.5 Å². The minimum atomic E-state index is -0.385. The van der Waals surface area contributed by atoms with Crippen molar-refractivity contribution in [2.24, 2.45) is 5.73 Å². The summed E-state index contributed by atoms with van der Waals surface area (Å²) in [6.45, 7) is 5.32. The first kappa shape index (κ1) is 16.3. The van der Waals surface area contributed by atoms with Crippen LogP contribution in [-0.4, -0.2) is 35.1 Å². The highest BCUT2D eigenvalue weighted by molar-refractivity contribution is 5.79.